The van der Waals surface area contributed by atoms with Gasteiger partial charge in [-0.15, -0.1) is 0 Å². The molecule has 1 N–H and O–H groups in total. The van der Waals surface area contributed by atoms with Crippen LogP contribution in [0.4, 0.5) is 0 Å². The number of halogens is 3. The largest absolute Gasteiger partial charge is 3.00 e. The van der Waals surface area contributed by atoms with E-state index >= 15 is 0 Å². The predicted octanol–water partition coefficient (Wildman–Crippen LogP) is -8.98. The molecule has 0 aliphatic heterocycles. The van der Waals surface area contributed by atoms with Crippen LogP contribution in [0.5, 0.6) is 0 Å². The first-order valence-electron chi connectivity index (χ1n) is 1.41. The molecule has 0 rings (SSSR count). The molecule has 0 unspecified atom stereocenters. The second-order valence-corrected chi connectivity index (χ2v) is 1.09. The summed E-state index contributed by atoms with van der Waals surface area (Å²) in [4.78, 5) is 0. The molecule has 0 saturated heterocycles. The number of hydrogen-bond donors (Lipinski definition) is 1. The van der Waals surface area contributed by atoms with Crippen LogP contribution < -0.4 is 71.9 Å². The molecule has 0 atom stereocenters. The average molecular weight is 468 g/mol. The fourth-order valence-electron chi connectivity index (χ4n) is 0. The Kier molecular flexibility index (Phi) is 87.6. The van der Waals surface area contributed by atoms with Gasteiger partial charge in [-0.1, -0.05) is 0 Å². The summed E-state index contributed by atoms with van der Waals surface area (Å²) in [5.41, 5.74) is 0. The summed E-state index contributed by atoms with van der Waals surface area (Å²) in [5, 5.41) is 8.06. The van der Waals surface area contributed by atoms with Crippen molar-refractivity contribution in [1.82, 2.24) is 0 Å². The first kappa shape index (κ1) is 31.0. The maximum atomic E-state index is 8.06. The Bertz CT molecular complexity index is 19.2. The van der Waals surface area contributed by atoms with Crippen molar-refractivity contribution in [2.75, 3.05) is 0 Å². The van der Waals surface area contributed by atoms with Crippen LogP contribution in [0.3, 0.4) is 0 Å². The van der Waals surface area contributed by atoms with Gasteiger partial charge >= 0.3 is 17.4 Å². The summed E-state index contributed by atoms with van der Waals surface area (Å²) in [6.45, 7) is 3.44. The minimum atomic E-state index is -0.167. The fourth-order valence-corrected chi connectivity index (χ4v) is 0. The van der Waals surface area contributed by atoms with Crippen LogP contribution in [0, 0.1) is 0 Å². The van der Waals surface area contributed by atoms with Crippen LogP contribution >= 0.6 is 0 Å². The summed E-state index contributed by atoms with van der Waals surface area (Å²) in [6, 6.07) is 0. The van der Waals surface area contributed by atoms with Gasteiger partial charge in [0, 0.05) is 6.10 Å². The predicted molar refractivity (Wildman–Crippen MR) is 23.1 cm³/mol. The third kappa shape index (κ3) is 71.2. The molecule has 8 heavy (non-hydrogen) atoms. The van der Waals surface area contributed by atoms with Gasteiger partial charge in [0.2, 0.25) is 0 Å². The molecule has 1 nitrogen and oxygen atoms in total. The van der Waals surface area contributed by atoms with Gasteiger partial charge in [0.1, 0.15) is 0 Å². The number of hydrogen-bond acceptors (Lipinski definition) is 1. The Hall–Kier alpha value is 2.68. The van der Waals surface area contributed by atoms with Gasteiger partial charge in [0.05, 0.1) is 0 Å². The third-order valence-corrected chi connectivity index (χ3v) is 0. The molecule has 0 radical (unpaired) electrons. The van der Waals surface area contributed by atoms with E-state index in [0.29, 0.717) is 0 Å². The molecule has 0 spiro atoms. The SMILES string of the molecule is CC(C)O.[Al+3].[I-].[I-].[I-]. The molecular weight excluding hydrogens is 460 g/mol. The average Bonchev–Trinajstić information content (AvgIpc) is 0.811. The first-order valence-corrected chi connectivity index (χ1v) is 1.41. The summed E-state index contributed by atoms with van der Waals surface area (Å²) in [5.74, 6) is 0. The van der Waals surface area contributed by atoms with E-state index in [0.717, 1.165) is 0 Å². The zero-order valence-electron chi connectivity index (χ0n) is 4.74. The Morgan fingerprint density at radius 1 is 1.00 bits per heavy atom. The van der Waals surface area contributed by atoms with Crippen LogP contribution in [0.1, 0.15) is 13.8 Å². The molecule has 0 aromatic heterocycles. The Balaban J connectivity index is -0.00000000750. The Morgan fingerprint density at radius 3 is 1.00 bits per heavy atom. The maximum Gasteiger partial charge on any atom is 3.00 e. The maximum absolute atomic E-state index is 8.06. The van der Waals surface area contributed by atoms with Crippen molar-refractivity contribution in [1.29, 1.82) is 0 Å². The van der Waals surface area contributed by atoms with Crippen molar-refractivity contribution in [3.05, 3.63) is 0 Å². The molecule has 50 valence electrons. The zero-order chi connectivity index (χ0) is 3.58. The van der Waals surface area contributed by atoms with E-state index in [1.807, 2.05) is 0 Å². The van der Waals surface area contributed by atoms with Gasteiger partial charge in [-0.3, -0.25) is 0 Å². The first-order chi connectivity index (χ1) is 1.73. The van der Waals surface area contributed by atoms with Crippen LogP contribution in [0.15, 0.2) is 0 Å². The molecule has 0 aliphatic carbocycles. The van der Waals surface area contributed by atoms with Gasteiger partial charge < -0.3 is 77.0 Å². The van der Waals surface area contributed by atoms with E-state index in [-0.39, 0.29) is 95.4 Å². The summed E-state index contributed by atoms with van der Waals surface area (Å²) < 4.78 is 0. The van der Waals surface area contributed by atoms with E-state index in [4.69, 9.17) is 5.11 Å². The van der Waals surface area contributed by atoms with Gasteiger partial charge in [-0.05, 0) is 13.8 Å². The van der Waals surface area contributed by atoms with Crippen molar-refractivity contribution in [2.24, 2.45) is 0 Å². The van der Waals surface area contributed by atoms with E-state index in [2.05, 4.69) is 0 Å². The number of aliphatic hydroxyl groups excluding tert-OH is 1. The minimum Gasteiger partial charge on any atom is -1.00 e. The van der Waals surface area contributed by atoms with Crippen LogP contribution in [-0.2, 0) is 0 Å². The van der Waals surface area contributed by atoms with Gasteiger partial charge in [0.15, 0.2) is 0 Å². The van der Waals surface area contributed by atoms with Gasteiger partial charge in [0.25, 0.3) is 0 Å². The van der Waals surface area contributed by atoms with Gasteiger partial charge in [-0.2, -0.15) is 0 Å². The monoisotopic (exact) mass is 468 g/mol. The second kappa shape index (κ2) is 22.6. The van der Waals surface area contributed by atoms with Crippen LogP contribution in [0.25, 0.3) is 0 Å². The second-order valence-electron chi connectivity index (χ2n) is 1.09. The number of rotatable bonds is 0. The van der Waals surface area contributed by atoms with Crippen LogP contribution in [0.2, 0.25) is 0 Å². The molecule has 0 saturated carbocycles. The van der Waals surface area contributed by atoms with E-state index in [1.165, 1.54) is 0 Å². The molecule has 0 aliphatic rings. The van der Waals surface area contributed by atoms with Crippen molar-refractivity contribution in [3.63, 3.8) is 0 Å². The fraction of sp³-hybridized carbons (Fsp3) is 1.00. The molecule has 0 aromatic rings. The molecule has 0 aromatic carbocycles. The summed E-state index contributed by atoms with van der Waals surface area (Å²) >= 11 is 0. The van der Waals surface area contributed by atoms with Crippen molar-refractivity contribution in [3.8, 4) is 0 Å². The standard InChI is InChI=1S/C3H8O.Al.3HI/c1-3(2)4;;;;/h3-4H,1-2H3;;3*1H/q;+3;;;/p-3. The Labute approximate surface area is 113 Å². The molecular formula is C3H8AlI3O. The van der Waals surface area contributed by atoms with Crippen molar-refractivity contribution >= 4 is 17.4 Å². The smallest absolute Gasteiger partial charge is 1.00 e. The van der Waals surface area contributed by atoms with E-state index < -0.39 is 0 Å². The molecule has 0 fully saturated rings. The normalized spacial score (nSPS) is 4.50. The number of aliphatic hydroxyl groups is 1. The molecule has 5 heteroatoms. The quantitative estimate of drug-likeness (QED) is 0.277. The van der Waals surface area contributed by atoms with Gasteiger partial charge in [-0.25, -0.2) is 0 Å². The van der Waals surface area contributed by atoms with E-state index in [1.54, 1.807) is 13.8 Å². The minimum absolute atomic E-state index is 0. The summed E-state index contributed by atoms with van der Waals surface area (Å²) in [7, 11) is 0. The third-order valence-electron chi connectivity index (χ3n) is 0. The Morgan fingerprint density at radius 2 is 1.00 bits per heavy atom. The summed E-state index contributed by atoms with van der Waals surface area (Å²) in [6.07, 6.45) is -0.167. The topological polar surface area (TPSA) is 20.2 Å². The van der Waals surface area contributed by atoms with E-state index in [9.17, 15) is 0 Å². The molecule has 0 bridgehead atoms. The molecule has 0 amide bonds. The van der Waals surface area contributed by atoms with Crippen molar-refractivity contribution in [2.45, 2.75) is 20.0 Å². The van der Waals surface area contributed by atoms with Crippen molar-refractivity contribution < 1.29 is 77.0 Å². The zero-order valence-corrected chi connectivity index (χ0v) is 12.4. The molecule has 0 heterocycles. The van der Waals surface area contributed by atoms with Crippen LogP contribution in [-0.4, -0.2) is 28.6 Å².